The van der Waals surface area contributed by atoms with Crippen LogP contribution in [-0.2, 0) is 24.0 Å². The van der Waals surface area contributed by atoms with Gasteiger partial charge in [0.15, 0.2) is 5.78 Å². The summed E-state index contributed by atoms with van der Waals surface area (Å²) in [5.41, 5.74) is 0.656. The molecule has 1 aromatic heterocycles. The number of halogens is 3. The van der Waals surface area contributed by atoms with Gasteiger partial charge in [-0.25, -0.2) is 0 Å². The Hall–Kier alpha value is -4.24. The van der Waals surface area contributed by atoms with E-state index in [1.807, 2.05) is 0 Å². The first-order valence-electron chi connectivity index (χ1n) is 20.5. The minimum Gasteiger partial charge on any atom is -0.354 e. The summed E-state index contributed by atoms with van der Waals surface area (Å²) in [5.74, 6) is -5.50. The van der Waals surface area contributed by atoms with Crippen molar-refractivity contribution in [2.45, 2.75) is 174 Å². The minimum atomic E-state index is -4.65. The Morgan fingerprint density at radius 2 is 1.47 bits per heavy atom. The molecule has 3 saturated carbocycles. The van der Waals surface area contributed by atoms with E-state index in [2.05, 4.69) is 26.3 Å². The Labute approximate surface area is 332 Å². The zero-order chi connectivity index (χ0) is 42.0. The fraction of sp³-hybridized carbons (Fsp3) is 0.732. The SMILES string of the molecule is CC(=O)c1c(C(=O)N[C@H](C(=O)N[C@H](C(=O)N2[C@H](C(=O)NC(CCC(F)(F)F)C(=O)C(=O)NC3CC3)C[C@@H]3CCCC[C@@H]32)C(C)(C)C)C2CCCCC2)[nH]c(C)c1C. The molecule has 5 rings (SSSR count). The Bertz CT molecular complexity index is 1730. The number of Topliss-reactive ketones (excluding diaryl/α,β-unsaturated/α-hetero) is 2. The molecule has 57 heavy (non-hydrogen) atoms. The van der Waals surface area contributed by atoms with E-state index < -0.39 is 90.0 Å². The largest absolute Gasteiger partial charge is 0.389 e. The molecule has 3 aliphatic carbocycles. The number of aromatic amines is 1. The van der Waals surface area contributed by atoms with Crippen LogP contribution in [0.25, 0.3) is 0 Å². The number of carbonyl (C=O) groups excluding carboxylic acids is 7. The van der Waals surface area contributed by atoms with Crippen LogP contribution >= 0.6 is 0 Å². The van der Waals surface area contributed by atoms with Crippen molar-refractivity contribution in [1.82, 2.24) is 31.2 Å². The number of likely N-dealkylation sites (tertiary alicyclic amines) is 1. The molecule has 5 N–H and O–H groups in total. The highest BCUT2D eigenvalue weighted by atomic mass is 19.4. The smallest absolute Gasteiger partial charge is 0.354 e. The van der Waals surface area contributed by atoms with Crippen molar-refractivity contribution in [2.75, 3.05) is 0 Å². The summed E-state index contributed by atoms with van der Waals surface area (Å²) < 4.78 is 40.1. The van der Waals surface area contributed by atoms with Gasteiger partial charge in [-0.3, -0.25) is 33.6 Å². The minimum absolute atomic E-state index is 0.0564. The Kier molecular flexibility index (Phi) is 13.6. The van der Waals surface area contributed by atoms with Gasteiger partial charge in [0, 0.05) is 24.2 Å². The van der Waals surface area contributed by atoms with Crippen molar-refractivity contribution < 1.29 is 46.7 Å². The first-order chi connectivity index (χ1) is 26.7. The van der Waals surface area contributed by atoms with Crippen LogP contribution < -0.4 is 21.3 Å². The summed E-state index contributed by atoms with van der Waals surface area (Å²) >= 11 is 0. The summed E-state index contributed by atoms with van der Waals surface area (Å²) in [6.07, 6.45) is 1.47. The lowest BCUT2D eigenvalue weighted by Gasteiger charge is -2.40. The molecule has 0 spiro atoms. The maximum absolute atomic E-state index is 14.9. The number of aryl methyl sites for hydroxylation is 1. The van der Waals surface area contributed by atoms with Crippen molar-refractivity contribution >= 4 is 41.1 Å². The lowest BCUT2D eigenvalue weighted by atomic mass is 9.81. The van der Waals surface area contributed by atoms with E-state index in [1.165, 1.54) is 11.8 Å². The van der Waals surface area contributed by atoms with Crippen LogP contribution in [0.3, 0.4) is 0 Å². The van der Waals surface area contributed by atoms with Crippen LogP contribution in [0, 0.1) is 31.1 Å². The van der Waals surface area contributed by atoms with Crippen molar-refractivity contribution in [3.05, 3.63) is 22.5 Å². The molecule has 1 aliphatic heterocycles. The molecule has 5 amide bonds. The topological polar surface area (TPSA) is 187 Å². The number of rotatable bonds is 14. The number of H-pyrrole nitrogens is 1. The molecular weight excluding hydrogens is 745 g/mol. The molecule has 16 heteroatoms. The summed E-state index contributed by atoms with van der Waals surface area (Å²) in [6, 6.07) is -5.81. The third kappa shape index (κ3) is 10.6. The predicted octanol–water partition coefficient (Wildman–Crippen LogP) is 4.88. The van der Waals surface area contributed by atoms with E-state index in [4.69, 9.17) is 0 Å². The molecule has 2 heterocycles. The second-order valence-corrected chi connectivity index (χ2v) is 17.8. The van der Waals surface area contributed by atoms with Gasteiger partial charge in [-0.2, -0.15) is 13.2 Å². The van der Waals surface area contributed by atoms with Crippen LogP contribution in [0.2, 0.25) is 0 Å². The van der Waals surface area contributed by atoms with Gasteiger partial charge in [-0.05, 0) is 95.0 Å². The fourth-order valence-electron chi connectivity index (χ4n) is 8.94. The standard InChI is InChI=1S/C41H59F3N6O7/c1-21-22(2)45-32(30(21)23(3)51)37(55)48-31(24-12-8-7-9-13-24)36(54)49-34(40(4,5)6)39(57)50-28-15-11-10-14-25(28)20-29(50)35(53)47-27(18-19-41(42,43)44)33(52)38(56)46-26-16-17-26/h24-29,31,34,45H,7-20H2,1-6H3,(H,46,56)(H,47,53)(H,48,55)(H,49,54)/t25-,27?,28-,29-,31-,34+/m0/s1. The van der Waals surface area contributed by atoms with Crippen molar-refractivity contribution in [1.29, 1.82) is 0 Å². The van der Waals surface area contributed by atoms with Crippen molar-refractivity contribution in [3.8, 4) is 0 Å². The van der Waals surface area contributed by atoms with Crippen LogP contribution in [0.5, 0.6) is 0 Å². The summed E-state index contributed by atoms with van der Waals surface area (Å²) in [6.45, 7) is 10.1. The van der Waals surface area contributed by atoms with Gasteiger partial charge in [0.25, 0.3) is 11.8 Å². The number of fused-ring (bicyclic) bond motifs is 1. The second-order valence-electron chi connectivity index (χ2n) is 17.8. The van der Waals surface area contributed by atoms with Crippen LogP contribution in [0.1, 0.15) is 150 Å². The normalized spacial score (nSPS) is 23.1. The predicted molar refractivity (Wildman–Crippen MR) is 204 cm³/mol. The average molecular weight is 805 g/mol. The number of nitrogens with zero attached hydrogens (tertiary/aromatic N) is 1. The summed E-state index contributed by atoms with van der Waals surface area (Å²) in [4.78, 5) is 100. The quantitative estimate of drug-likeness (QED) is 0.131. The Balaban J connectivity index is 1.42. The zero-order valence-corrected chi connectivity index (χ0v) is 34.0. The molecule has 13 nitrogen and oxygen atoms in total. The highest BCUT2D eigenvalue weighted by molar-refractivity contribution is 6.38. The van der Waals surface area contributed by atoms with E-state index >= 15 is 0 Å². The van der Waals surface area contributed by atoms with E-state index in [9.17, 15) is 46.7 Å². The second kappa shape index (κ2) is 17.7. The van der Waals surface area contributed by atoms with E-state index in [-0.39, 0.29) is 41.3 Å². The number of hydrogen-bond donors (Lipinski definition) is 5. The Morgan fingerprint density at radius 3 is 2.07 bits per heavy atom. The molecule has 1 unspecified atom stereocenters. The van der Waals surface area contributed by atoms with Crippen LogP contribution in [0.4, 0.5) is 13.2 Å². The fourth-order valence-corrected chi connectivity index (χ4v) is 8.94. The highest BCUT2D eigenvalue weighted by Gasteiger charge is 2.51. The molecule has 316 valence electrons. The molecule has 0 bridgehead atoms. The van der Waals surface area contributed by atoms with Gasteiger partial charge in [-0.1, -0.05) is 52.9 Å². The van der Waals surface area contributed by atoms with Gasteiger partial charge in [-0.15, -0.1) is 0 Å². The number of carbonyl (C=O) groups is 7. The van der Waals surface area contributed by atoms with Gasteiger partial charge in [0.05, 0.1) is 11.6 Å². The number of aromatic nitrogens is 1. The molecule has 0 radical (unpaired) electrons. The number of amides is 5. The van der Waals surface area contributed by atoms with Crippen LogP contribution in [0.15, 0.2) is 0 Å². The average Bonchev–Trinajstić information content (AvgIpc) is 3.79. The van der Waals surface area contributed by atoms with Gasteiger partial charge < -0.3 is 31.2 Å². The number of alkyl halides is 3. The molecule has 1 saturated heterocycles. The van der Waals surface area contributed by atoms with E-state index in [0.29, 0.717) is 49.8 Å². The monoisotopic (exact) mass is 804 g/mol. The molecule has 6 atom stereocenters. The maximum atomic E-state index is 14.9. The third-order valence-corrected chi connectivity index (χ3v) is 12.3. The van der Waals surface area contributed by atoms with Gasteiger partial charge in [0.2, 0.25) is 23.5 Å². The molecule has 1 aromatic rings. The van der Waals surface area contributed by atoms with Crippen molar-refractivity contribution in [2.24, 2.45) is 17.3 Å². The molecule has 4 aliphatic rings. The molecule has 4 fully saturated rings. The highest BCUT2D eigenvalue weighted by Crippen LogP contribution is 2.41. The van der Waals surface area contributed by atoms with Crippen molar-refractivity contribution in [3.63, 3.8) is 0 Å². The first kappa shape index (κ1) is 43.9. The van der Waals surface area contributed by atoms with E-state index in [1.54, 1.807) is 34.6 Å². The van der Waals surface area contributed by atoms with Gasteiger partial charge >= 0.3 is 6.18 Å². The molecule has 0 aromatic carbocycles. The Morgan fingerprint density at radius 1 is 0.842 bits per heavy atom. The first-order valence-corrected chi connectivity index (χ1v) is 20.5. The number of ketones is 2. The van der Waals surface area contributed by atoms with Gasteiger partial charge in [0.1, 0.15) is 23.8 Å². The molecular formula is C41H59F3N6O7. The third-order valence-electron chi connectivity index (χ3n) is 12.3. The summed E-state index contributed by atoms with van der Waals surface area (Å²) in [5, 5.41) is 10.8. The lowest BCUT2D eigenvalue weighted by molar-refractivity contribution is -0.149. The number of nitrogens with one attached hydrogen (secondary N) is 5. The van der Waals surface area contributed by atoms with E-state index in [0.717, 1.165) is 32.1 Å². The van der Waals surface area contributed by atoms with Crippen LogP contribution in [-0.4, -0.2) is 93.4 Å². The number of hydrogen-bond acceptors (Lipinski definition) is 7. The lowest BCUT2D eigenvalue weighted by Crippen LogP contribution is -2.63. The summed E-state index contributed by atoms with van der Waals surface area (Å²) in [7, 11) is 0. The maximum Gasteiger partial charge on any atom is 0.389 e. The zero-order valence-electron chi connectivity index (χ0n) is 34.0.